The maximum absolute atomic E-state index is 12.4. The third kappa shape index (κ3) is 3.76. The summed E-state index contributed by atoms with van der Waals surface area (Å²) < 4.78 is 5.35. The van der Waals surface area contributed by atoms with Gasteiger partial charge in [-0.1, -0.05) is 42.5 Å². The number of amides is 2. The highest BCUT2D eigenvalue weighted by Crippen LogP contribution is 2.31. The Balaban J connectivity index is 1.71. The Kier molecular flexibility index (Phi) is 5.12. The summed E-state index contributed by atoms with van der Waals surface area (Å²) in [7, 11) is 0. The number of carbonyl (C=O) groups is 3. The van der Waals surface area contributed by atoms with Gasteiger partial charge in [-0.2, -0.15) is 0 Å². The van der Waals surface area contributed by atoms with Gasteiger partial charge in [0.15, 0.2) is 6.61 Å². The van der Waals surface area contributed by atoms with Crippen LogP contribution in [0.2, 0.25) is 0 Å². The predicted octanol–water partition coefficient (Wildman–Crippen LogP) is 1.57. The van der Waals surface area contributed by atoms with E-state index in [1.165, 1.54) is 4.90 Å². The number of carbonyl (C=O) groups excluding carboxylic acids is 2. The number of carboxylic acid groups (broad SMARTS) is 1. The van der Waals surface area contributed by atoms with Crippen molar-refractivity contribution in [2.24, 2.45) is 0 Å². The molecule has 0 spiro atoms. The van der Waals surface area contributed by atoms with E-state index in [1.54, 1.807) is 61.5 Å². The number of rotatable bonds is 6. The van der Waals surface area contributed by atoms with Crippen LogP contribution in [0.3, 0.4) is 0 Å². The van der Waals surface area contributed by atoms with Gasteiger partial charge in [-0.3, -0.25) is 19.3 Å². The van der Waals surface area contributed by atoms with Crippen molar-refractivity contribution >= 4 is 23.5 Å². The van der Waals surface area contributed by atoms with E-state index in [2.05, 4.69) is 5.32 Å². The van der Waals surface area contributed by atoms with E-state index in [0.29, 0.717) is 17.0 Å². The second-order valence-electron chi connectivity index (χ2n) is 6.52. The number of ether oxygens (including phenoxy) is 1. The summed E-state index contributed by atoms with van der Waals surface area (Å²) in [5.41, 5.74) is -0.164. The van der Waals surface area contributed by atoms with Gasteiger partial charge in [0.25, 0.3) is 5.91 Å². The highest BCUT2D eigenvalue weighted by atomic mass is 16.5. The molecule has 0 bridgehead atoms. The molecule has 7 nitrogen and oxygen atoms in total. The second-order valence-corrected chi connectivity index (χ2v) is 6.52. The number of carboxylic acids is 1. The first-order valence-corrected chi connectivity index (χ1v) is 8.49. The molecule has 2 N–H and O–H groups in total. The minimum atomic E-state index is -1.27. The van der Waals surface area contributed by atoms with E-state index >= 15 is 0 Å². The van der Waals surface area contributed by atoms with Gasteiger partial charge < -0.3 is 15.2 Å². The average Bonchev–Trinajstić information content (AvgIpc) is 2.69. The monoisotopic (exact) mass is 368 g/mol. The first-order chi connectivity index (χ1) is 12.9. The molecule has 2 amide bonds. The molecule has 0 radical (unpaired) electrons. The number of benzene rings is 2. The second kappa shape index (κ2) is 7.49. The molecule has 1 aliphatic heterocycles. The molecule has 1 atom stereocenters. The van der Waals surface area contributed by atoms with Crippen LogP contribution < -0.4 is 15.0 Å². The normalized spacial score (nSPS) is 15.3. The van der Waals surface area contributed by atoms with Crippen molar-refractivity contribution in [1.29, 1.82) is 0 Å². The van der Waals surface area contributed by atoms with Crippen LogP contribution in [0.1, 0.15) is 12.5 Å². The minimum Gasteiger partial charge on any atom is -0.482 e. The lowest BCUT2D eigenvalue weighted by Gasteiger charge is -2.30. The molecular formula is C20H20N2O5. The fraction of sp³-hybridized carbons (Fsp3) is 0.250. The van der Waals surface area contributed by atoms with Crippen LogP contribution in [0.5, 0.6) is 5.75 Å². The van der Waals surface area contributed by atoms with Gasteiger partial charge >= 0.3 is 5.97 Å². The zero-order valence-electron chi connectivity index (χ0n) is 14.8. The van der Waals surface area contributed by atoms with Crippen LogP contribution in [-0.2, 0) is 19.8 Å². The SMILES string of the molecule is CC(CNC(=O)CN1C(=O)COc2ccccc21)(C(=O)O)c1ccccc1. The largest absolute Gasteiger partial charge is 0.482 e. The van der Waals surface area contributed by atoms with Crippen molar-refractivity contribution in [3.8, 4) is 5.75 Å². The van der Waals surface area contributed by atoms with Crippen LogP contribution in [0.4, 0.5) is 5.69 Å². The van der Waals surface area contributed by atoms with Gasteiger partial charge in [-0.15, -0.1) is 0 Å². The molecule has 27 heavy (non-hydrogen) atoms. The topological polar surface area (TPSA) is 95.9 Å². The highest BCUT2D eigenvalue weighted by Gasteiger charge is 2.36. The van der Waals surface area contributed by atoms with E-state index in [4.69, 9.17) is 4.74 Å². The molecule has 2 aromatic carbocycles. The molecule has 0 aromatic heterocycles. The number of nitrogens with one attached hydrogen (secondary N) is 1. The molecule has 2 aromatic rings. The average molecular weight is 368 g/mol. The highest BCUT2D eigenvalue weighted by molar-refractivity contribution is 6.02. The van der Waals surface area contributed by atoms with Crippen molar-refractivity contribution in [3.63, 3.8) is 0 Å². The third-order valence-corrected chi connectivity index (χ3v) is 4.63. The molecule has 7 heteroatoms. The summed E-state index contributed by atoms with van der Waals surface area (Å²) in [6, 6.07) is 15.7. The number of para-hydroxylation sites is 2. The Morgan fingerprint density at radius 2 is 1.81 bits per heavy atom. The fourth-order valence-corrected chi connectivity index (χ4v) is 2.91. The van der Waals surface area contributed by atoms with E-state index in [0.717, 1.165) is 0 Å². The van der Waals surface area contributed by atoms with Crippen molar-refractivity contribution in [3.05, 3.63) is 60.2 Å². The summed E-state index contributed by atoms with van der Waals surface area (Å²) >= 11 is 0. The van der Waals surface area contributed by atoms with E-state index in [1.807, 2.05) is 0 Å². The molecule has 0 saturated heterocycles. The third-order valence-electron chi connectivity index (χ3n) is 4.63. The van der Waals surface area contributed by atoms with Gasteiger partial charge in [0.05, 0.1) is 5.69 Å². The number of anilines is 1. The fourth-order valence-electron chi connectivity index (χ4n) is 2.91. The first kappa shape index (κ1) is 18.4. The molecule has 0 saturated carbocycles. The molecular weight excluding hydrogens is 348 g/mol. The van der Waals surface area contributed by atoms with Gasteiger partial charge in [0, 0.05) is 6.54 Å². The number of fused-ring (bicyclic) bond motifs is 1. The number of hydrogen-bond acceptors (Lipinski definition) is 4. The number of aliphatic carboxylic acids is 1. The Morgan fingerprint density at radius 3 is 2.52 bits per heavy atom. The maximum Gasteiger partial charge on any atom is 0.315 e. The standard InChI is InChI=1S/C20H20N2O5/c1-20(19(25)26,14-7-3-2-4-8-14)13-21-17(23)11-22-15-9-5-6-10-16(15)27-12-18(22)24/h2-10H,11-13H2,1H3,(H,21,23)(H,25,26). The van der Waals surface area contributed by atoms with Crippen LogP contribution >= 0.6 is 0 Å². The quantitative estimate of drug-likeness (QED) is 0.807. The van der Waals surface area contributed by atoms with Crippen LogP contribution in [-0.4, -0.2) is 42.6 Å². The summed E-state index contributed by atoms with van der Waals surface area (Å²) in [6.07, 6.45) is 0. The predicted molar refractivity (Wildman–Crippen MR) is 98.7 cm³/mol. The Bertz CT molecular complexity index is 868. The zero-order chi connectivity index (χ0) is 19.4. The Morgan fingerprint density at radius 1 is 1.15 bits per heavy atom. The van der Waals surface area contributed by atoms with Crippen molar-refractivity contribution < 1.29 is 24.2 Å². The van der Waals surface area contributed by atoms with Crippen molar-refractivity contribution in [2.45, 2.75) is 12.3 Å². The van der Waals surface area contributed by atoms with Gasteiger partial charge in [-0.25, -0.2) is 0 Å². The number of hydrogen-bond donors (Lipinski definition) is 2. The minimum absolute atomic E-state index is 0.0919. The Labute approximate surface area is 156 Å². The lowest BCUT2D eigenvalue weighted by molar-refractivity contribution is -0.143. The molecule has 3 rings (SSSR count). The number of nitrogens with zero attached hydrogens (tertiary/aromatic N) is 1. The molecule has 140 valence electrons. The van der Waals surface area contributed by atoms with Gasteiger partial charge in [0.2, 0.25) is 5.91 Å². The van der Waals surface area contributed by atoms with Crippen molar-refractivity contribution in [2.75, 3.05) is 24.6 Å². The lowest BCUT2D eigenvalue weighted by atomic mass is 9.82. The Hall–Kier alpha value is -3.35. The van der Waals surface area contributed by atoms with E-state index < -0.39 is 17.3 Å². The van der Waals surface area contributed by atoms with Crippen LogP contribution in [0, 0.1) is 0 Å². The van der Waals surface area contributed by atoms with E-state index in [9.17, 15) is 19.5 Å². The van der Waals surface area contributed by atoms with Gasteiger partial charge in [-0.05, 0) is 24.6 Å². The van der Waals surface area contributed by atoms with Crippen LogP contribution in [0.25, 0.3) is 0 Å². The van der Waals surface area contributed by atoms with Gasteiger partial charge in [0.1, 0.15) is 17.7 Å². The lowest BCUT2D eigenvalue weighted by Crippen LogP contribution is -2.49. The molecule has 1 unspecified atom stereocenters. The zero-order valence-corrected chi connectivity index (χ0v) is 14.8. The van der Waals surface area contributed by atoms with Crippen LogP contribution in [0.15, 0.2) is 54.6 Å². The summed E-state index contributed by atoms with van der Waals surface area (Å²) in [5.74, 6) is -1.28. The molecule has 1 heterocycles. The molecule has 0 fully saturated rings. The van der Waals surface area contributed by atoms with E-state index in [-0.39, 0.29) is 25.6 Å². The first-order valence-electron chi connectivity index (χ1n) is 8.49. The summed E-state index contributed by atoms with van der Waals surface area (Å²) in [5, 5.41) is 12.3. The molecule has 1 aliphatic rings. The summed E-state index contributed by atoms with van der Waals surface area (Å²) in [6.45, 7) is 1.12. The molecule has 0 aliphatic carbocycles. The van der Waals surface area contributed by atoms with Crippen molar-refractivity contribution in [1.82, 2.24) is 5.32 Å². The smallest absolute Gasteiger partial charge is 0.315 e. The maximum atomic E-state index is 12.4. The summed E-state index contributed by atoms with van der Waals surface area (Å²) in [4.78, 5) is 37.7.